The number of fused-ring (bicyclic) bond motifs is 2. The fraction of sp³-hybridized carbons (Fsp3) is 0.115. The van der Waals surface area contributed by atoms with Crippen LogP contribution in [-0.2, 0) is 13.6 Å². The normalized spacial score (nSPS) is 11.2. The molecule has 5 aromatic rings. The predicted molar refractivity (Wildman–Crippen MR) is 126 cm³/mol. The summed E-state index contributed by atoms with van der Waals surface area (Å²) in [7, 11) is 3.32. The second-order valence-corrected chi connectivity index (χ2v) is 7.76. The summed E-state index contributed by atoms with van der Waals surface area (Å²) in [6.07, 6.45) is 0. The number of methoxy groups -OCH3 is 1. The van der Waals surface area contributed by atoms with Crippen molar-refractivity contribution in [2.24, 2.45) is 7.05 Å². The van der Waals surface area contributed by atoms with E-state index < -0.39 is 11.4 Å². The third-order valence-electron chi connectivity index (χ3n) is 5.82. The van der Waals surface area contributed by atoms with Crippen molar-refractivity contribution < 1.29 is 9.13 Å². The Kier molecular flexibility index (Phi) is 5.01. The van der Waals surface area contributed by atoms with Gasteiger partial charge in [-0.15, -0.1) is 0 Å². The lowest BCUT2D eigenvalue weighted by Gasteiger charge is -2.17. The van der Waals surface area contributed by atoms with Crippen LogP contribution in [0, 0.1) is 5.82 Å². The van der Waals surface area contributed by atoms with E-state index in [-0.39, 0.29) is 34.4 Å². The Morgan fingerprint density at radius 3 is 2.36 bits per heavy atom. The van der Waals surface area contributed by atoms with Crippen molar-refractivity contribution in [1.29, 1.82) is 0 Å². The molecule has 0 bridgehead atoms. The summed E-state index contributed by atoms with van der Waals surface area (Å²) in [5.74, 6) is 0.335. The molecule has 0 aliphatic rings. The van der Waals surface area contributed by atoms with Crippen LogP contribution in [0.3, 0.4) is 0 Å². The Labute approximate surface area is 188 Å². The van der Waals surface area contributed by atoms with Gasteiger partial charge < -0.3 is 9.30 Å². The molecule has 0 atom stereocenters. The van der Waals surface area contributed by atoms with Gasteiger partial charge in [-0.25, -0.2) is 9.37 Å². The first kappa shape index (κ1) is 20.6. The second kappa shape index (κ2) is 8.02. The van der Waals surface area contributed by atoms with Crippen LogP contribution in [-0.4, -0.2) is 21.2 Å². The summed E-state index contributed by atoms with van der Waals surface area (Å²) < 4.78 is 23.1. The van der Waals surface area contributed by atoms with E-state index in [2.05, 4.69) is 4.98 Å². The van der Waals surface area contributed by atoms with Crippen molar-refractivity contribution in [3.63, 3.8) is 0 Å². The number of aryl methyl sites for hydroxylation is 1. The lowest BCUT2D eigenvalue weighted by molar-refractivity contribution is 0.414. The van der Waals surface area contributed by atoms with Crippen LogP contribution in [0.4, 0.5) is 4.39 Å². The van der Waals surface area contributed by atoms with E-state index in [0.29, 0.717) is 16.7 Å². The minimum Gasteiger partial charge on any atom is -0.497 e. The van der Waals surface area contributed by atoms with Crippen molar-refractivity contribution in [1.82, 2.24) is 14.1 Å². The molecule has 0 saturated heterocycles. The maximum atomic E-state index is 14.8. The van der Waals surface area contributed by atoms with Gasteiger partial charge in [-0.1, -0.05) is 36.4 Å². The largest absolute Gasteiger partial charge is 0.497 e. The highest BCUT2D eigenvalue weighted by Gasteiger charge is 2.20. The number of hydrogen-bond acceptors (Lipinski definition) is 4. The van der Waals surface area contributed by atoms with Gasteiger partial charge in [0.15, 0.2) is 5.65 Å². The van der Waals surface area contributed by atoms with Gasteiger partial charge in [-0.3, -0.25) is 14.2 Å². The summed E-state index contributed by atoms with van der Waals surface area (Å²) >= 11 is 0. The van der Waals surface area contributed by atoms with Crippen molar-refractivity contribution in [2.75, 3.05) is 7.11 Å². The Hall–Kier alpha value is -4.26. The SMILES string of the molecule is COc1ccc(Cn2c(-c3ccccc3F)nc3c(c(=O)c4ccccc4n3C)c2=O)cc1. The summed E-state index contributed by atoms with van der Waals surface area (Å²) in [4.78, 5) is 31.7. The zero-order valence-electron chi connectivity index (χ0n) is 18.1. The molecular weight excluding hydrogens is 421 g/mol. The highest BCUT2D eigenvalue weighted by atomic mass is 19.1. The molecule has 0 N–H and O–H groups in total. The molecule has 7 heteroatoms. The van der Waals surface area contributed by atoms with E-state index in [1.807, 2.05) is 18.2 Å². The molecule has 5 rings (SSSR count). The lowest BCUT2D eigenvalue weighted by atomic mass is 10.1. The molecule has 0 fully saturated rings. The summed E-state index contributed by atoms with van der Waals surface area (Å²) in [5.41, 5.74) is 0.933. The fourth-order valence-corrected chi connectivity index (χ4v) is 4.10. The van der Waals surface area contributed by atoms with Gasteiger partial charge in [0.25, 0.3) is 5.56 Å². The van der Waals surface area contributed by atoms with E-state index >= 15 is 0 Å². The van der Waals surface area contributed by atoms with Gasteiger partial charge in [-0.2, -0.15) is 0 Å². The summed E-state index contributed by atoms with van der Waals surface area (Å²) in [5, 5.41) is 0.408. The molecule has 6 nitrogen and oxygen atoms in total. The number of benzene rings is 3. The van der Waals surface area contributed by atoms with Gasteiger partial charge in [0, 0.05) is 12.4 Å². The van der Waals surface area contributed by atoms with Gasteiger partial charge in [0.05, 0.1) is 24.7 Å². The van der Waals surface area contributed by atoms with Crippen LogP contribution < -0.4 is 15.7 Å². The van der Waals surface area contributed by atoms with Gasteiger partial charge in [0.1, 0.15) is 22.8 Å². The minimum atomic E-state index is -0.513. The zero-order valence-corrected chi connectivity index (χ0v) is 18.1. The molecule has 0 saturated carbocycles. The maximum absolute atomic E-state index is 14.8. The van der Waals surface area contributed by atoms with Gasteiger partial charge in [-0.05, 0) is 42.0 Å². The van der Waals surface area contributed by atoms with E-state index in [1.54, 1.807) is 67.3 Å². The molecule has 0 radical (unpaired) electrons. The number of halogens is 1. The van der Waals surface area contributed by atoms with Crippen molar-refractivity contribution >= 4 is 21.9 Å². The smallest absolute Gasteiger partial charge is 0.267 e. The standard InChI is InChI=1S/C26H20FN3O3/c1-29-21-10-6-4-8-19(21)23(31)22-25(29)28-24(18-7-3-5-9-20(18)27)30(26(22)32)15-16-11-13-17(33-2)14-12-16/h3-14H,15H2,1-2H3. The van der Waals surface area contributed by atoms with Gasteiger partial charge in [0.2, 0.25) is 5.43 Å². The summed E-state index contributed by atoms with van der Waals surface area (Å²) in [6, 6.07) is 20.4. The molecular formula is C26H20FN3O3. The molecule has 2 aromatic heterocycles. The molecule has 0 amide bonds. The number of hydrogen-bond donors (Lipinski definition) is 0. The van der Waals surface area contributed by atoms with Crippen molar-refractivity contribution in [3.05, 3.63) is 105 Å². The third-order valence-corrected chi connectivity index (χ3v) is 5.82. The minimum absolute atomic E-state index is 0.0233. The van der Waals surface area contributed by atoms with E-state index in [1.165, 1.54) is 10.6 Å². The van der Waals surface area contributed by atoms with Crippen LogP contribution in [0.1, 0.15) is 5.56 Å². The monoisotopic (exact) mass is 441 g/mol. The molecule has 0 unspecified atom stereocenters. The van der Waals surface area contributed by atoms with Crippen LogP contribution in [0.15, 0.2) is 82.4 Å². The first-order valence-corrected chi connectivity index (χ1v) is 10.4. The highest BCUT2D eigenvalue weighted by Crippen LogP contribution is 2.24. The Morgan fingerprint density at radius 1 is 0.939 bits per heavy atom. The molecule has 0 aliphatic carbocycles. The number of ether oxygens (including phenoxy) is 1. The Bertz CT molecular complexity index is 1640. The fourth-order valence-electron chi connectivity index (χ4n) is 4.10. The van der Waals surface area contributed by atoms with Crippen molar-refractivity contribution in [2.45, 2.75) is 6.54 Å². The number of para-hydroxylation sites is 1. The topological polar surface area (TPSA) is 66.1 Å². The molecule has 0 aliphatic heterocycles. The highest BCUT2D eigenvalue weighted by molar-refractivity contribution is 5.91. The van der Waals surface area contributed by atoms with Crippen LogP contribution in [0.25, 0.3) is 33.3 Å². The maximum Gasteiger partial charge on any atom is 0.267 e. The van der Waals surface area contributed by atoms with E-state index in [4.69, 9.17) is 4.74 Å². The summed E-state index contributed by atoms with van der Waals surface area (Å²) in [6.45, 7) is 0.116. The first-order valence-electron chi connectivity index (χ1n) is 10.4. The average molecular weight is 441 g/mol. The number of rotatable bonds is 4. The first-order chi connectivity index (χ1) is 16.0. The Balaban J connectivity index is 1.87. The zero-order chi connectivity index (χ0) is 23.1. The quantitative estimate of drug-likeness (QED) is 0.394. The predicted octanol–water partition coefficient (Wildman–Crippen LogP) is 4.11. The van der Waals surface area contributed by atoms with E-state index in [0.717, 1.165) is 5.56 Å². The van der Waals surface area contributed by atoms with Crippen molar-refractivity contribution in [3.8, 4) is 17.1 Å². The number of pyridine rings is 1. The number of aromatic nitrogens is 3. The molecule has 33 heavy (non-hydrogen) atoms. The van der Waals surface area contributed by atoms with E-state index in [9.17, 15) is 14.0 Å². The Morgan fingerprint density at radius 2 is 1.64 bits per heavy atom. The second-order valence-electron chi connectivity index (χ2n) is 7.76. The lowest BCUT2D eigenvalue weighted by Crippen LogP contribution is -2.29. The van der Waals surface area contributed by atoms with Crippen LogP contribution in [0.5, 0.6) is 5.75 Å². The average Bonchev–Trinajstić information content (AvgIpc) is 2.84. The van der Waals surface area contributed by atoms with Crippen LogP contribution >= 0.6 is 0 Å². The molecule has 164 valence electrons. The third kappa shape index (κ3) is 3.38. The molecule has 0 spiro atoms. The molecule has 3 aromatic carbocycles. The van der Waals surface area contributed by atoms with Crippen LogP contribution in [0.2, 0.25) is 0 Å². The van der Waals surface area contributed by atoms with Gasteiger partial charge >= 0.3 is 0 Å². The number of nitrogens with zero attached hydrogens (tertiary/aromatic N) is 3. The molecule has 2 heterocycles.